The largest absolute Gasteiger partial charge is 0.312 e. The summed E-state index contributed by atoms with van der Waals surface area (Å²) in [6.07, 6.45) is 6.35. The van der Waals surface area contributed by atoms with Gasteiger partial charge in [0.1, 0.15) is 0 Å². The molecule has 0 fully saturated rings. The number of hydrogen-bond donors (Lipinski definition) is 1. The van der Waals surface area contributed by atoms with Gasteiger partial charge in [0.2, 0.25) is 0 Å². The van der Waals surface area contributed by atoms with Gasteiger partial charge in [0.05, 0.1) is 0 Å². The molecule has 0 saturated carbocycles. The summed E-state index contributed by atoms with van der Waals surface area (Å²) in [6, 6.07) is 4.35. The highest BCUT2D eigenvalue weighted by molar-refractivity contribution is 6.31. The monoisotopic (exact) mass is 295 g/mol. The molecular formula is C18H30ClN. The van der Waals surface area contributed by atoms with Crippen molar-refractivity contribution in [3.05, 3.63) is 33.8 Å². The molecule has 0 saturated heterocycles. The second kappa shape index (κ2) is 8.05. The fraction of sp³-hybridized carbons (Fsp3) is 0.667. The first-order chi connectivity index (χ1) is 9.29. The normalized spacial score (nSPS) is 11.9. The third-order valence-electron chi connectivity index (χ3n) is 3.65. The van der Waals surface area contributed by atoms with Crippen LogP contribution in [-0.4, -0.2) is 12.1 Å². The molecule has 1 aromatic rings. The van der Waals surface area contributed by atoms with E-state index in [9.17, 15) is 0 Å². The van der Waals surface area contributed by atoms with E-state index in [1.807, 2.05) is 0 Å². The highest BCUT2D eigenvalue weighted by atomic mass is 35.5. The summed E-state index contributed by atoms with van der Waals surface area (Å²) in [5.41, 5.74) is 4.23. The standard InChI is InChI=1S/C18H30ClN/c1-14-13-17(19)15(2)12-16(14)10-8-6-7-9-11-20-18(3,4)5/h12-13,20H,6-11H2,1-5H3. The zero-order chi connectivity index (χ0) is 15.2. The molecule has 1 rings (SSSR count). The molecular weight excluding hydrogens is 266 g/mol. The van der Waals surface area contributed by atoms with Crippen LogP contribution in [-0.2, 0) is 6.42 Å². The van der Waals surface area contributed by atoms with Crippen molar-refractivity contribution in [1.29, 1.82) is 0 Å². The maximum atomic E-state index is 6.13. The molecule has 0 aliphatic carbocycles. The minimum Gasteiger partial charge on any atom is -0.312 e. The fourth-order valence-corrected chi connectivity index (χ4v) is 2.59. The van der Waals surface area contributed by atoms with Gasteiger partial charge in [-0.15, -0.1) is 0 Å². The van der Waals surface area contributed by atoms with Crippen molar-refractivity contribution in [2.75, 3.05) is 6.54 Å². The van der Waals surface area contributed by atoms with Crippen LogP contribution < -0.4 is 5.32 Å². The van der Waals surface area contributed by atoms with Crippen molar-refractivity contribution < 1.29 is 0 Å². The topological polar surface area (TPSA) is 12.0 Å². The van der Waals surface area contributed by atoms with Gasteiger partial charge in [0.25, 0.3) is 0 Å². The van der Waals surface area contributed by atoms with Crippen LogP contribution in [0.1, 0.15) is 63.1 Å². The van der Waals surface area contributed by atoms with Gasteiger partial charge in [-0.25, -0.2) is 0 Å². The summed E-state index contributed by atoms with van der Waals surface area (Å²) < 4.78 is 0. The van der Waals surface area contributed by atoms with E-state index < -0.39 is 0 Å². The second-order valence-corrected chi connectivity index (χ2v) is 7.28. The van der Waals surface area contributed by atoms with E-state index in [4.69, 9.17) is 11.6 Å². The maximum absolute atomic E-state index is 6.13. The molecule has 1 aromatic carbocycles. The summed E-state index contributed by atoms with van der Waals surface area (Å²) in [5.74, 6) is 0. The highest BCUT2D eigenvalue weighted by Gasteiger charge is 2.07. The predicted molar refractivity (Wildman–Crippen MR) is 90.9 cm³/mol. The number of rotatable bonds is 7. The molecule has 0 aliphatic heterocycles. The molecule has 0 unspecified atom stereocenters. The molecule has 1 nitrogen and oxygen atoms in total. The molecule has 0 heterocycles. The van der Waals surface area contributed by atoms with E-state index in [1.54, 1.807) is 0 Å². The van der Waals surface area contributed by atoms with Crippen LogP contribution in [0.5, 0.6) is 0 Å². The first kappa shape index (κ1) is 17.5. The van der Waals surface area contributed by atoms with Crippen molar-refractivity contribution in [2.45, 2.75) is 72.3 Å². The number of unbranched alkanes of at least 4 members (excludes halogenated alkanes) is 3. The lowest BCUT2D eigenvalue weighted by atomic mass is 9.99. The smallest absolute Gasteiger partial charge is 0.0438 e. The van der Waals surface area contributed by atoms with Crippen LogP contribution in [0.15, 0.2) is 12.1 Å². The molecule has 0 spiro atoms. The lowest BCUT2D eigenvalue weighted by molar-refractivity contribution is 0.416. The Balaban J connectivity index is 2.20. The minimum atomic E-state index is 0.248. The van der Waals surface area contributed by atoms with Crippen molar-refractivity contribution in [3.63, 3.8) is 0 Å². The molecule has 0 aromatic heterocycles. The molecule has 1 N–H and O–H groups in total. The van der Waals surface area contributed by atoms with Crippen LogP contribution in [0.3, 0.4) is 0 Å². The van der Waals surface area contributed by atoms with Crippen molar-refractivity contribution in [1.82, 2.24) is 5.32 Å². The zero-order valence-electron chi connectivity index (χ0n) is 13.8. The van der Waals surface area contributed by atoms with E-state index >= 15 is 0 Å². The van der Waals surface area contributed by atoms with Gasteiger partial charge in [-0.3, -0.25) is 0 Å². The Labute approximate surface area is 130 Å². The number of nitrogens with one attached hydrogen (secondary N) is 1. The number of halogens is 1. The Morgan fingerprint density at radius 1 is 0.950 bits per heavy atom. The molecule has 0 aliphatic rings. The Bertz CT molecular complexity index is 418. The highest BCUT2D eigenvalue weighted by Crippen LogP contribution is 2.22. The van der Waals surface area contributed by atoms with Crippen LogP contribution >= 0.6 is 11.6 Å². The average Bonchev–Trinajstić information content (AvgIpc) is 2.32. The van der Waals surface area contributed by atoms with Gasteiger partial charge in [0, 0.05) is 10.6 Å². The van der Waals surface area contributed by atoms with E-state index in [1.165, 1.54) is 48.8 Å². The van der Waals surface area contributed by atoms with Gasteiger partial charge in [-0.2, -0.15) is 0 Å². The third kappa shape index (κ3) is 6.76. The Kier molecular flexibility index (Phi) is 7.05. The Hall–Kier alpha value is -0.530. The SMILES string of the molecule is Cc1cc(CCCCCCNC(C)(C)C)c(C)cc1Cl. The summed E-state index contributed by atoms with van der Waals surface area (Å²) in [7, 11) is 0. The molecule has 114 valence electrons. The summed E-state index contributed by atoms with van der Waals surface area (Å²) in [6.45, 7) is 12.0. The lowest BCUT2D eigenvalue weighted by Gasteiger charge is -2.20. The zero-order valence-corrected chi connectivity index (χ0v) is 14.5. The molecule has 0 amide bonds. The van der Waals surface area contributed by atoms with Gasteiger partial charge in [0.15, 0.2) is 0 Å². The van der Waals surface area contributed by atoms with Crippen LogP contribution in [0.2, 0.25) is 5.02 Å². The first-order valence-corrected chi connectivity index (χ1v) is 8.18. The lowest BCUT2D eigenvalue weighted by Crippen LogP contribution is -2.36. The Morgan fingerprint density at radius 2 is 1.60 bits per heavy atom. The van der Waals surface area contributed by atoms with E-state index in [-0.39, 0.29) is 5.54 Å². The number of benzene rings is 1. The van der Waals surface area contributed by atoms with E-state index in [0.717, 1.165) is 11.6 Å². The molecule has 0 atom stereocenters. The molecule has 0 radical (unpaired) electrons. The number of hydrogen-bond acceptors (Lipinski definition) is 1. The van der Waals surface area contributed by atoms with Gasteiger partial charge in [-0.1, -0.05) is 30.5 Å². The predicted octanol–water partition coefficient (Wildman–Crippen LogP) is 5.45. The quantitative estimate of drug-likeness (QED) is 0.660. The van der Waals surface area contributed by atoms with Crippen molar-refractivity contribution in [2.24, 2.45) is 0 Å². The number of aryl methyl sites for hydroxylation is 3. The van der Waals surface area contributed by atoms with Gasteiger partial charge >= 0.3 is 0 Å². The molecule has 20 heavy (non-hydrogen) atoms. The average molecular weight is 296 g/mol. The van der Waals surface area contributed by atoms with E-state index in [0.29, 0.717) is 0 Å². The van der Waals surface area contributed by atoms with Crippen molar-refractivity contribution in [3.8, 4) is 0 Å². The van der Waals surface area contributed by atoms with Crippen LogP contribution in [0.4, 0.5) is 0 Å². The minimum absolute atomic E-state index is 0.248. The van der Waals surface area contributed by atoms with Crippen LogP contribution in [0.25, 0.3) is 0 Å². The summed E-state index contributed by atoms with van der Waals surface area (Å²) in [4.78, 5) is 0. The van der Waals surface area contributed by atoms with Crippen LogP contribution in [0, 0.1) is 13.8 Å². The van der Waals surface area contributed by atoms with Crippen molar-refractivity contribution >= 4 is 11.6 Å². The summed E-state index contributed by atoms with van der Waals surface area (Å²) in [5, 5.41) is 4.43. The van der Waals surface area contributed by atoms with Gasteiger partial charge < -0.3 is 5.32 Å². The third-order valence-corrected chi connectivity index (χ3v) is 4.05. The maximum Gasteiger partial charge on any atom is 0.0438 e. The second-order valence-electron chi connectivity index (χ2n) is 6.87. The first-order valence-electron chi connectivity index (χ1n) is 7.80. The Morgan fingerprint density at radius 3 is 2.25 bits per heavy atom. The van der Waals surface area contributed by atoms with E-state index in [2.05, 4.69) is 52.1 Å². The molecule has 2 heteroatoms. The molecule has 0 bridgehead atoms. The fourth-order valence-electron chi connectivity index (χ4n) is 2.37. The summed E-state index contributed by atoms with van der Waals surface area (Å²) >= 11 is 6.13. The van der Waals surface area contributed by atoms with Gasteiger partial charge in [-0.05, 0) is 83.2 Å².